The van der Waals surface area contributed by atoms with E-state index in [-0.39, 0.29) is 16.7 Å². The van der Waals surface area contributed by atoms with Gasteiger partial charge in [-0.25, -0.2) is 9.78 Å². The van der Waals surface area contributed by atoms with E-state index in [1.807, 2.05) is 13.0 Å². The smallest absolute Gasteiger partial charge is 0.337 e. The number of carbonyl (C=O) groups is 2. The zero-order chi connectivity index (χ0) is 23.8. The first-order chi connectivity index (χ1) is 16.4. The summed E-state index contributed by atoms with van der Waals surface area (Å²) in [6, 6.07) is 13.3. The molecule has 3 aromatic heterocycles. The van der Waals surface area contributed by atoms with Crippen molar-refractivity contribution in [2.45, 2.75) is 6.92 Å². The summed E-state index contributed by atoms with van der Waals surface area (Å²) in [5, 5.41) is 7.33. The van der Waals surface area contributed by atoms with Gasteiger partial charge in [0.15, 0.2) is 0 Å². The van der Waals surface area contributed by atoms with Gasteiger partial charge >= 0.3 is 5.97 Å². The van der Waals surface area contributed by atoms with Crippen LogP contribution in [0.2, 0.25) is 0 Å². The van der Waals surface area contributed by atoms with E-state index in [4.69, 9.17) is 4.74 Å². The Morgan fingerprint density at radius 2 is 1.85 bits per heavy atom. The third kappa shape index (κ3) is 4.14. The minimum atomic E-state index is -0.452. The van der Waals surface area contributed by atoms with E-state index in [9.17, 15) is 14.4 Å². The topological polar surface area (TPSA) is 112 Å². The van der Waals surface area contributed by atoms with E-state index in [1.54, 1.807) is 48.0 Å². The number of thiazole rings is 1. The molecule has 0 unspecified atom stereocenters. The Morgan fingerprint density at radius 3 is 2.62 bits per heavy atom. The van der Waals surface area contributed by atoms with E-state index < -0.39 is 5.97 Å². The average molecular weight is 493 g/mol. The molecule has 0 saturated carbocycles. The molecule has 0 aliphatic heterocycles. The first-order valence-electron chi connectivity index (χ1n) is 9.96. The van der Waals surface area contributed by atoms with Crippen LogP contribution in [0.5, 0.6) is 10.9 Å². The number of aryl methyl sites for hydroxylation is 1. The maximum atomic E-state index is 12.8. The Hall–Kier alpha value is -4.09. The number of amides is 1. The molecule has 0 spiro atoms. The number of hydrogen-bond donors (Lipinski definition) is 1. The molecule has 5 aromatic rings. The molecular weight excluding hydrogens is 476 g/mol. The Balaban J connectivity index is 1.38. The second kappa shape index (κ2) is 8.69. The second-order valence-corrected chi connectivity index (χ2v) is 9.15. The van der Waals surface area contributed by atoms with Crippen LogP contribution in [-0.2, 0) is 4.74 Å². The normalized spacial score (nSPS) is 11.0. The highest BCUT2D eigenvalue weighted by Gasteiger charge is 2.15. The van der Waals surface area contributed by atoms with Gasteiger partial charge in [0.2, 0.25) is 0 Å². The molecule has 3 heterocycles. The zero-order valence-corrected chi connectivity index (χ0v) is 19.5. The Kier molecular flexibility index (Phi) is 5.56. The molecule has 1 amide bonds. The van der Waals surface area contributed by atoms with Crippen LogP contribution >= 0.6 is 22.7 Å². The quantitative estimate of drug-likeness (QED) is 0.359. The highest BCUT2D eigenvalue weighted by atomic mass is 32.1. The van der Waals surface area contributed by atoms with Crippen molar-refractivity contribution in [3.8, 4) is 10.9 Å². The third-order valence-corrected chi connectivity index (χ3v) is 6.52. The lowest BCUT2D eigenvalue weighted by molar-refractivity contribution is 0.0600. The van der Waals surface area contributed by atoms with Crippen LogP contribution in [0.1, 0.15) is 26.3 Å². The number of ether oxygens (including phenoxy) is 2. The number of benzene rings is 2. The van der Waals surface area contributed by atoms with Crippen LogP contribution in [-0.4, -0.2) is 33.6 Å². The standard InChI is InChI=1S/C23H16N4O5S2/c1-12-7-14(20(28)25-15-5-3-13(4-6-15)22(30)31-2)9-16(8-12)32-23-26-27-18(34-23)10-17-19(21(27)29)24-11-33-17/h3-11H,1-2H3,(H,25,28). The summed E-state index contributed by atoms with van der Waals surface area (Å²) in [5.41, 5.74) is 3.80. The van der Waals surface area contributed by atoms with Crippen LogP contribution in [0, 0.1) is 6.92 Å². The van der Waals surface area contributed by atoms with Crippen molar-refractivity contribution in [2.75, 3.05) is 12.4 Å². The molecule has 11 heteroatoms. The highest BCUT2D eigenvalue weighted by molar-refractivity contribution is 7.20. The van der Waals surface area contributed by atoms with Gasteiger partial charge in [0.05, 0.1) is 22.9 Å². The second-order valence-electron chi connectivity index (χ2n) is 7.29. The van der Waals surface area contributed by atoms with E-state index >= 15 is 0 Å². The molecule has 2 aromatic carbocycles. The summed E-state index contributed by atoms with van der Waals surface area (Å²) in [5.74, 6) is -0.379. The van der Waals surface area contributed by atoms with E-state index in [2.05, 4.69) is 20.1 Å². The first-order valence-corrected chi connectivity index (χ1v) is 11.7. The molecule has 1 N–H and O–H groups in total. The Labute approximate surface area is 200 Å². The van der Waals surface area contributed by atoms with Crippen molar-refractivity contribution < 1.29 is 19.1 Å². The summed E-state index contributed by atoms with van der Waals surface area (Å²) in [6.07, 6.45) is 0. The fourth-order valence-electron chi connectivity index (χ4n) is 3.34. The average Bonchev–Trinajstić information content (AvgIpc) is 3.46. The van der Waals surface area contributed by atoms with Crippen molar-refractivity contribution in [3.05, 3.63) is 81.1 Å². The number of methoxy groups -OCH3 is 1. The molecule has 34 heavy (non-hydrogen) atoms. The maximum absolute atomic E-state index is 12.8. The number of fused-ring (bicyclic) bond motifs is 2. The lowest BCUT2D eigenvalue weighted by atomic mass is 10.1. The summed E-state index contributed by atoms with van der Waals surface area (Å²) in [4.78, 5) is 41.7. The largest absolute Gasteiger partial charge is 0.465 e. The van der Waals surface area contributed by atoms with Crippen LogP contribution in [0.15, 0.2) is 58.8 Å². The molecule has 170 valence electrons. The van der Waals surface area contributed by atoms with Gasteiger partial charge in [-0.1, -0.05) is 11.3 Å². The number of nitrogens with zero attached hydrogens (tertiary/aromatic N) is 3. The predicted molar refractivity (Wildman–Crippen MR) is 130 cm³/mol. The fraction of sp³-hybridized carbons (Fsp3) is 0.0870. The zero-order valence-electron chi connectivity index (χ0n) is 17.9. The molecule has 0 saturated heterocycles. The molecular formula is C23H16N4O5S2. The molecule has 0 aliphatic carbocycles. The SMILES string of the molecule is COC(=O)c1ccc(NC(=O)c2cc(C)cc(Oc3nn4c(=O)c5ncsc5cc4s3)c2)cc1. The van der Waals surface area contributed by atoms with Gasteiger partial charge in [0, 0.05) is 11.3 Å². The molecule has 9 nitrogen and oxygen atoms in total. The molecule has 0 atom stereocenters. The number of anilines is 1. The number of rotatable bonds is 5. The van der Waals surface area contributed by atoms with Crippen molar-refractivity contribution >= 4 is 55.3 Å². The summed E-state index contributed by atoms with van der Waals surface area (Å²) in [7, 11) is 1.31. The fourth-order valence-corrected chi connectivity index (χ4v) is 4.95. The summed E-state index contributed by atoms with van der Waals surface area (Å²) in [6.45, 7) is 1.84. The van der Waals surface area contributed by atoms with Gasteiger partial charge in [-0.05, 0) is 61.0 Å². The molecule has 0 aliphatic rings. The van der Waals surface area contributed by atoms with Crippen molar-refractivity contribution in [1.29, 1.82) is 0 Å². The molecule has 5 rings (SSSR count). The minimum Gasteiger partial charge on any atom is -0.465 e. The van der Waals surface area contributed by atoms with Gasteiger partial charge in [0.1, 0.15) is 16.1 Å². The minimum absolute atomic E-state index is 0.269. The molecule has 0 fully saturated rings. The van der Waals surface area contributed by atoms with Gasteiger partial charge in [-0.3, -0.25) is 9.59 Å². The van der Waals surface area contributed by atoms with Crippen molar-refractivity contribution in [2.24, 2.45) is 0 Å². The Bertz CT molecular complexity index is 1620. The third-order valence-electron chi connectivity index (χ3n) is 4.91. The van der Waals surface area contributed by atoms with Gasteiger partial charge in [-0.2, -0.15) is 4.52 Å². The van der Waals surface area contributed by atoms with Crippen molar-refractivity contribution in [3.63, 3.8) is 0 Å². The predicted octanol–water partition coefficient (Wildman–Crippen LogP) is 4.51. The van der Waals surface area contributed by atoms with E-state index in [0.29, 0.717) is 32.9 Å². The van der Waals surface area contributed by atoms with Crippen LogP contribution in [0.3, 0.4) is 0 Å². The first kappa shape index (κ1) is 21.7. The Morgan fingerprint density at radius 1 is 1.06 bits per heavy atom. The number of pyridine rings is 1. The monoisotopic (exact) mass is 492 g/mol. The van der Waals surface area contributed by atoms with Gasteiger partial charge in [-0.15, -0.1) is 16.4 Å². The van der Waals surface area contributed by atoms with Crippen LogP contribution in [0.25, 0.3) is 15.0 Å². The number of carbonyl (C=O) groups excluding carboxylic acids is 2. The van der Waals surface area contributed by atoms with Crippen LogP contribution in [0.4, 0.5) is 5.69 Å². The molecule has 0 radical (unpaired) electrons. The van der Waals surface area contributed by atoms with Gasteiger partial charge in [0.25, 0.3) is 16.7 Å². The number of hydrogen-bond acceptors (Lipinski definition) is 9. The summed E-state index contributed by atoms with van der Waals surface area (Å²) >= 11 is 2.61. The maximum Gasteiger partial charge on any atom is 0.337 e. The summed E-state index contributed by atoms with van der Waals surface area (Å²) < 4.78 is 12.6. The van der Waals surface area contributed by atoms with Crippen molar-refractivity contribution in [1.82, 2.24) is 14.6 Å². The number of nitrogens with one attached hydrogen (secondary N) is 1. The van der Waals surface area contributed by atoms with E-state index in [1.165, 1.54) is 34.3 Å². The lowest BCUT2D eigenvalue weighted by Crippen LogP contribution is -2.13. The number of aromatic nitrogens is 3. The lowest BCUT2D eigenvalue weighted by Gasteiger charge is -2.09. The van der Waals surface area contributed by atoms with Gasteiger partial charge < -0.3 is 14.8 Å². The van der Waals surface area contributed by atoms with Crippen LogP contribution < -0.4 is 15.6 Å². The van der Waals surface area contributed by atoms with E-state index in [0.717, 1.165) is 10.3 Å². The molecule has 0 bridgehead atoms. The highest BCUT2D eigenvalue weighted by Crippen LogP contribution is 2.30. The number of esters is 1.